The van der Waals surface area contributed by atoms with Crippen molar-refractivity contribution >= 4 is 6.08 Å². The first kappa shape index (κ1) is 12.1. The molecular formula is C14H16N2. The molecule has 2 heteroatoms. The highest BCUT2D eigenvalue weighted by atomic mass is 14.7. The molecular weight excluding hydrogens is 196 g/mol. The topological polar surface area (TPSA) is 25.8 Å². The van der Waals surface area contributed by atoms with Crippen molar-refractivity contribution in [1.82, 2.24) is 9.97 Å². The third kappa shape index (κ3) is 4.51. The van der Waals surface area contributed by atoms with Crippen molar-refractivity contribution < 1.29 is 0 Å². The molecule has 0 N–H and O–H groups in total. The van der Waals surface area contributed by atoms with E-state index in [1.54, 1.807) is 24.8 Å². The van der Waals surface area contributed by atoms with E-state index in [-0.39, 0.29) is 0 Å². The molecule has 0 saturated carbocycles. The van der Waals surface area contributed by atoms with Crippen LogP contribution in [0.2, 0.25) is 0 Å². The lowest BCUT2D eigenvalue weighted by molar-refractivity contribution is 1.14. The Labute approximate surface area is 96.7 Å². The summed E-state index contributed by atoms with van der Waals surface area (Å²) in [4.78, 5) is 7.44. The maximum Gasteiger partial charge on any atom is 0.0451 e. The highest BCUT2D eigenvalue weighted by Crippen LogP contribution is 2.05. The molecule has 0 radical (unpaired) electrons. The third-order valence-electron chi connectivity index (χ3n) is 2.10. The minimum Gasteiger partial charge on any atom is -0.262 e. The Morgan fingerprint density at radius 3 is 1.81 bits per heavy atom. The summed E-state index contributed by atoms with van der Waals surface area (Å²) in [6.07, 6.45) is 9.52. The zero-order valence-electron chi connectivity index (χ0n) is 9.50. The second-order valence-electron chi connectivity index (χ2n) is 3.19. The van der Waals surface area contributed by atoms with E-state index in [4.69, 9.17) is 0 Å². The van der Waals surface area contributed by atoms with Gasteiger partial charge in [0.2, 0.25) is 0 Å². The van der Waals surface area contributed by atoms with Gasteiger partial charge < -0.3 is 0 Å². The molecule has 0 atom stereocenters. The molecule has 0 unspecified atom stereocenters. The smallest absolute Gasteiger partial charge is 0.0451 e. The molecule has 2 nitrogen and oxygen atoms in total. The Bertz CT molecular complexity index is 366. The Morgan fingerprint density at radius 2 is 1.50 bits per heavy atom. The third-order valence-corrected chi connectivity index (χ3v) is 2.10. The largest absolute Gasteiger partial charge is 0.262 e. The van der Waals surface area contributed by atoms with Crippen LogP contribution in [0.4, 0.5) is 0 Å². The number of rotatable bonds is 2. The minimum absolute atomic E-state index is 1.11. The lowest BCUT2D eigenvalue weighted by Crippen LogP contribution is -1.78. The van der Waals surface area contributed by atoms with Crippen molar-refractivity contribution in [3.8, 4) is 0 Å². The van der Waals surface area contributed by atoms with Crippen LogP contribution in [0, 0.1) is 0 Å². The number of aromatic nitrogens is 2. The van der Waals surface area contributed by atoms with Crippen molar-refractivity contribution in [3.05, 3.63) is 66.8 Å². The van der Waals surface area contributed by atoms with E-state index in [0.29, 0.717) is 0 Å². The lowest BCUT2D eigenvalue weighted by Gasteiger charge is -1.95. The maximum absolute atomic E-state index is 3.72. The summed E-state index contributed by atoms with van der Waals surface area (Å²) in [5.41, 5.74) is 2.57. The van der Waals surface area contributed by atoms with Gasteiger partial charge >= 0.3 is 0 Å². The summed E-state index contributed by atoms with van der Waals surface area (Å²) >= 11 is 0. The van der Waals surface area contributed by atoms with Crippen molar-refractivity contribution in [2.75, 3.05) is 0 Å². The van der Waals surface area contributed by atoms with E-state index < -0.39 is 0 Å². The van der Waals surface area contributed by atoms with E-state index in [1.165, 1.54) is 11.1 Å². The van der Waals surface area contributed by atoms with Crippen LogP contribution in [0.15, 0.2) is 55.6 Å². The summed E-state index contributed by atoms with van der Waals surface area (Å²) in [5, 5.41) is 0. The van der Waals surface area contributed by atoms with Gasteiger partial charge in [0.25, 0.3) is 0 Å². The highest BCUT2D eigenvalue weighted by molar-refractivity contribution is 5.47. The van der Waals surface area contributed by atoms with E-state index in [2.05, 4.69) is 47.7 Å². The molecule has 0 saturated heterocycles. The minimum atomic E-state index is 1.11. The predicted molar refractivity (Wildman–Crippen MR) is 67.9 cm³/mol. The fourth-order valence-electron chi connectivity index (χ4n) is 1.14. The average molecular weight is 212 g/mol. The Hall–Kier alpha value is -1.96. The summed E-state index contributed by atoms with van der Waals surface area (Å²) < 4.78 is 0. The maximum atomic E-state index is 3.72. The van der Waals surface area contributed by atoms with Gasteiger partial charge in [-0.25, -0.2) is 0 Å². The molecule has 1 aromatic heterocycles. The van der Waals surface area contributed by atoms with Gasteiger partial charge in [-0.15, -0.1) is 0 Å². The highest BCUT2D eigenvalue weighted by Gasteiger charge is 1.86. The standard InChI is InChI=1S/C10H12.C4H4N2/c1-3-9-5-7-10(4-2)8-6-9;1-2-6-4-3-5-1/h3,5-8H,1,4H2,2H3;1-4H. The Morgan fingerprint density at radius 1 is 1.00 bits per heavy atom. The average Bonchev–Trinajstić information content (AvgIpc) is 2.41. The van der Waals surface area contributed by atoms with E-state index in [1.807, 2.05) is 6.08 Å². The Balaban J connectivity index is 0.000000181. The Kier molecular flexibility index (Phi) is 5.56. The fourth-order valence-corrected chi connectivity index (χ4v) is 1.14. The van der Waals surface area contributed by atoms with Gasteiger partial charge in [-0.3, -0.25) is 9.97 Å². The second kappa shape index (κ2) is 7.35. The van der Waals surface area contributed by atoms with E-state index in [9.17, 15) is 0 Å². The first-order valence-corrected chi connectivity index (χ1v) is 5.28. The van der Waals surface area contributed by atoms with Gasteiger partial charge in [0, 0.05) is 24.8 Å². The van der Waals surface area contributed by atoms with E-state index >= 15 is 0 Å². The number of hydrogen-bond acceptors (Lipinski definition) is 2. The predicted octanol–water partition coefficient (Wildman–Crippen LogP) is 3.37. The molecule has 0 aliphatic carbocycles. The first-order chi connectivity index (χ1) is 7.86. The van der Waals surface area contributed by atoms with Crippen LogP contribution >= 0.6 is 0 Å². The van der Waals surface area contributed by atoms with Crippen molar-refractivity contribution in [1.29, 1.82) is 0 Å². The van der Waals surface area contributed by atoms with Crippen LogP contribution in [0.5, 0.6) is 0 Å². The monoisotopic (exact) mass is 212 g/mol. The number of nitrogens with zero attached hydrogens (tertiary/aromatic N) is 2. The molecule has 0 aliphatic rings. The van der Waals surface area contributed by atoms with Gasteiger partial charge in [0.05, 0.1) is 0 Å². The first-order valence-electron chi connectivity index (χ1n) is 5.28. The van der Waals surface area contributed by atoms with E-state index in [0.717, 1.165) is 6.42 Å². The molecule has 0 bridgehead atoms. The van der Waals surface area contributed by atoms with Crippen LogP contribution < -0.4 is 0 Å². The van der Waals surface area contributed by atoms with Gasteiger partial charge in [0.15, 0.2) is 0 Å². The van der Waals surface area contributed by atoms with Crippen LogP contribution in [-0.2, 0) is 6.42 Å². The van der Waals surface area contributed by atoms with Crippen molar-refractivity contribution in [2.24, 2.45) is 0 Å². The summed E-state index contributed by atoms with van der Waals surface area (Å²) in [6.45, 7) is 5.84. The fraction of sp³-hybridized carbons (Fsp3) is 0.143. The second-order valence-corrected chi connectivity index (χ2v) is 3.19. The molecule has 1 aromatic carbocycles. The van der Waals surface area contributed by atoms with Gasteiger partial charge in [-0.05, 0) is 17.5 Å². The van der Waals surface area contributed by atoms with Crippen molar-refractivity contribution in [3.63, 3.8) is 0 Å². The quantitative estimate of drug-likeness (QED) is 0.762. The summed E-state index contributed by atoms with van der Waals surface area (Å²) in [5.74, 6) is 0. The molecule has 1 heterocycles. The zero-order valence-corrected chi connectivity index (χ0v) is 9.50. The zero-order chi connectivity index (χ0) is 11.6. The van der Waals surface area contributed by atoms with Gasteiger partial charge in [-0.2, -0.15) is 0 Å². The summed E-state index contributed by atoms with van der Waals surface area (Å²) in [6, 6.07) is 8.45. The number of hydrogen-bond donors (Lipinski definition) is 0. The molecule has 0 fully saturated rings. The molecule has 2 aromatic rings. The number of benzene rings is 1. The number of aryl methyl sites for hydroxylation is 1. The van der Waals surface area contributed by atoms with Crippen LogP contribution in [0.3, 0.4) is 0 Å². The molecule has 0 aliphatic heterocycles. The normalized spacial score (nSPS) is 8.81. The molecule has 16 heavy (non-hydrogen) atoms. The van der Waals surface area contributed by atoms with Crippen LogP contribution in [0.25, 0.3) is 6.08 Å². The lowest BCUT2D eigenvalue weighted by atomic mass is 10.1. The van der Waals surface area contributed by atoms with Gasteiger partial charge in [0.1, 0.15) is 0 Å². The van der Waals surface area contributed by atoms with Crippen molar-refractivity contribution in [2.45, 2.75) is 13.3 Å². The molecule has 82 valence electrons. The molecule has 0 amide bonds. The van der Waals surface area contributed by atoms with Gasteiger partial charge in [-0.1, -0.05) is 43.8 Å². The molecule has 2 rings (SSSR count). The molecule has 0 spiro atoms. The van der Waals surface area contributed by atoms with Crippen LogP contribution in [-0.4, -0.2) is 9.97 Å². The van der Waals surface area contributed by atoms with Crippen LogP contribution in [0.1, 0.15) is 18.1 Å². The summed E-state index contributed by atoms with van der Waals surface area (Å²) in [7, 11) is 0. The SMILES string of the molecule is C=Cc1ccc(CC)cc1.c1cnccn1.